The zero-order valence-electron chi connectivity index (χ0n) is 15.3. The second-order valence-corrected chi connectivity index (χ2v) is 5.97. The van der Waals surface area contributed by atoms with Crippen molar-refractivity contribution in [3.05, 3.63) is 59.7 Å². The van der Waals surface area contributed by atoms with Crippen molar-refractivity contribution in [3.63, 3.8) is 0 Å². The van der Waals surface area contributed by atoms with Gasteiger partial charge in [0.15, 0.2) is 0 Å². The van der Waals surface area contributed by atoms with Gasteiger partial charge in [-0.25, -0.2) is 4.79 Å². The van der Waals surface area contributed by atoms with Crippen molar-refractivity contribution in [1.29, 1.82) is 0 Å². The highest BCUT2D eigenvalue weighted by atomic mass is 16.5. The van der Waals surface area contributed by atoms with E-state index in [0.717, 1.165) is 5.56 Å². The summed E-state index contributed by atoms with van der Waals surface area (Å²) < 4.78 is 10.6. The SMILES string of the molecule is COCCOc1ccccc1NC(=O)N(C)C(C)c1ccc(C)cc1. The number of hydrogen-bond donors (Lipinski definition) is 1. The quantitative estimate of drug-likeness (QED) is 0.766. The second-order valence-electron chi connectivity index (χ2n) is 5.97. The van der Waals surface area contributed by atoms with Crippen LogP contribution in [0.5, 0.6) is 5.75 Å². The van der Waals surface area contributed by atoms with E-state index in [4.69, 9.17) is 9.47 Å². The molecule has 0 radical (unpaired) electrons. The fraction of sp³-hybridized carbons (Fsp3) is 0.350. The number of nitrogens with one attached hydrogen (secondary N) is 1. The number of urea groups is 1. The number of carbonyl (C=O) groups is 1. The maximum absolute atomic E-state index is 12.6. The Morgan fingerprint density at radius 1 is 1.12 bits per heavy atom. The highest BCUT2D eigenvalue weighted by Gasteiger charge is 2.18. The summed E-state index contributed by atoms with van der Waals surface area (Å²) in [5.41, 5.74) is 2.93. The first-order valence-corrected chi connectivity index (χ1v) is 8.34. The largest absolute Gasteiger partial charge is 0.489 e. The molecule has 1 N–H and O–H groups in total. The molecule has 2 aromatic rings. The minimum absolute atomic E-state index is 0.0397. The fourth-order valence-electron chi connectivity index (χ4n) is 2.38. The van der Waals surface area contributed by atoms with E-state index in [1.54, 1.807) is 19.1 Å². The summed E-state index contributed by atoms with van der Waals surface area (Å²) in [4.78, 5) is 14.3. The van der Waals surface area contributed by atoms with E-state index < -0.39 is 0 Å². The number of methoxy groups -OCH3 is 1. The Bertz CT molecular complexity index is 686. The third-order valence-corrected chi connectivity index (χ3v) is 4.13. The average molecular weight is 342 g/mol. The number of rotatable bonds is 7. The van der Waals surface area contributed by atoms with Gasteiger partial charge in [-0.3, -0.25) is 0 Å². The van der Waals surface area contributed by atoms with Crippen LogP contribution in [0.25, 0.3) is 0 Å². The molecule has 1 unspecified atom stereocenters. The van der Waals surface area contributed by atoms with Gasteiger partial charge in [0, 0.05) is 14.2 Å². The molecule has 2 aromatic carbocycles. The molecule has 0 aliphatic heterocycles. The van der Waals surface area contributed by atoms with Crippen molar-refractivity contribution in [2.24, 2.45) is 0 Å². The molecule has 0 aromatic heterocycles. The molecule has 2 amide bonds. The van der Waals surface area contributed by atoms with E-state index in [0.29, 0.717) is 24.7 Å². The molecule has 0 aliphatic rings. The number of carbonyl (C=O) groups excluding carboxylic acids is 1. The van der Waals surface area contributed by atoms with Crippen molar-refractivity contribution in [3.8, 4) is 5.75 Å². The Labute approximate surface area is 149 Å². The molecule has 25 heavy (non-hydrogen) atoms. The summed E-state index contributed by atoms with van der Waals surface area (Å²) in [6.45, 7) is 4.97. The Balaban J connectivity index is 2.04. The van der Waals surface area contributed by atoms with Gasteiger partial charge < -0.3 is 19.7 Å². The Morgan fingerprint density at radius 3 is 2.48 bits per heavy atom. The van der Waals surface area contributed by atoms with Crippen LogP contribution < -0.4 is 10.1 Å². The van der Waals surface area contributed by atoms with Gasteiger partial charge in [0.05, 0.1) is 18.3 Å². The van der Waals surface area contributed by atoms with Crippen LogP contribution in [-0.2, 0) is 4.74 Å². The van der Waals surface area contributed by atoms with Crippen LogP contribution in [0, 0.1) is 6.92 Å². The summed E-state index contributed by atoms with van der Waals surface area (Å²) >= 11 is 0. The monoisotopic (exact) mass is 342 g/mol. The fourth-order valence-corrected chi connectivity index (χ4v) is 2.38. The summed E-state index contributed by atoms with van der Waals surface area (Å²) in [5.74, 6) is 0.629. The third kappa shape index (κ3) is 5.22. The van der Waals surface area contributed by atoms with E-state index in [1.807, 2.05) is 50.2 Å². The number of ether oxygens (including phenoxy) is 2. The average Bonchev–Trinajstić information content (AvgIpc) is 2.62. The molecule has 0 saturated heterocycles. The Morgan fingerprint density at radius 2 is 1.80 bits per heavy atom. The number of amides is 2. The van der Waals surface area contributed by atoms with Gasteiger partial charge in [-0.2, -0.15) is 0 Å². The lowest BCUT2D eigenvalue weighted by atomic mass is 10.1. The lowest BCUT2D eigenvalue weighted by molar-refractivity contribution is 0.146. The highest BCUT2D eigenvalue weighted by Crippen LogP contribution is 2.25. The predicted molar refractivity (Wildman–Crippen MR) is 100 cm³/mol. The van der Waals surface area contributed by atoms with Gasteiger partial charge >= 0.3 is 6.03 Å². The number of hydrogen-bond acceptors (Lipinski definition) is 3. The first kappa shape index (κ1) is 18.8. The van der Waals surface area contributed by atoms with Crippen LogP contribution >= 0.6 is 0 Å². The summed E-state index contributed by atoms with van der Waals surface area (Å²) in [5, 5.41) is 2.92. The van der Waals surface area contributed by atoms with Crippen molar-refractivity contribution in [2.45, 2.75) is 19.9 Å². The summed E-state index contributed by atoms with van der Waals surface area (Å²) in [7, 11) is 3.41. The normalized spacial score (nSPS) is 11.7. The molecule has 134 valence electrons. The third-order valence-electron chi connectivity index (χ3n) is 4.13. The zero-order valence-corrected chi connectivity index (χ0v) is 15.3. The van der Waals surface area contributed by atoms with Gasteiger partial charge in [0.25, 0.3) is 0 Å². The molecular formula is C20H26N2O3. The minimum Gasteiger partial charge on any atom is -0.489 e. The van der Waals surface area contributed by atoms with Gasteiger partial charge in [0.1, 0.15) is 12.4 Å². The Kier molecular flexibility index (Phi) is 6.83. The topological polar surface area (TPSA) is 50.8 Å². The first-order chi connectivity index (χ1) is 12.0. The molecule has 0 heterocycles. The van der Waals surface area contributed by atoms with E-state index in [1.165, 1.54) is 5.56 Å². The lowest BCUT2D eigenvalue weighted by Gasteiger charge is -2.26. The molecule has 2 rings (SSSR count). The van der Waals surface area contributed by atoms with Crippen molar-refractivity contribution >= 4 is 11.7 Å². The number of anilines is 1. The highest BCUT2D eigenvalue weighted by molar-refractivity contribution is 5.91. The Hall–Kier alpha value is -2.53. The number of para-hydroxylation sites is 2. The van der Waals surface area contributed by atoms with Gasteiger partial charge in [-0.05, 0) is 31.5 Å². The standard InChI is InChI=1S/C20H26N2O3/c1-15-9-11-17(12-10-15)16(2)22(3)20(23)21-18-7-5-6-8-19(18)25-14-13-24-4/h5-12,16H,13-14H2,1-4H3,(H,21,23). The smallest absolute Gasteiger partial charge is 0.322 e. The van der Waals surface area contributed by atoms with Crippen LogP contribution in [0.2, 0.25) is 0 Å². The summed E-state index contributed by atoms with van der Waals surface area (Å²) in [6.07, 6.45) is 0. The van der Waals surface area contributed by atoms with E-state index in [2.05, 4.69) is 17.4 Å². The van der Waals surface area contributed by atoms with Gasteiger partial charge in [-0.1, -0.05) is 42.0 Å². The lowest BCUT2D eigenvalue weighted by Crippen LogP contribution is -2.33. The maximum atomic E-state index is 12.6. The van der Waals surface area contributed by atoms with Crippen LogP contribution in [0.1, 0.15) is 24.1 Å². The van der Waals surface area contributed by atoms with Gasteiger partial charge in [0.2, 0.25) is 0 Å². The van der Waals surface area contributed by atoms with E-state index in [-0.39, 0.29) is 12.1 Å². The molecule has 5 heteroatoms. The number of nitrogens with zero attached hydrogens (tertiary/aromatic N) is 1. The molecule has 0 spiro atoms. The predicted octanol–water partition coefficient (Wildman–Crippen LogP) is 4.25. The van der Waals surface area contributed by atoms with Gasteiger partial charge in [-0.15, -0.1) is 0 Å². The second kappa shape index (κ2) is 9.08. The zero-order chi connectivity index (χ0) is 18.2. The van der Waals surface area contributed by atoms with Crippen LogP contribution in [-0.4, -0.2) is 38.3 Å². The first-order valence-electron chi connectivity index (χ1n) is 8.34. The molecular weight excluding hydrogens is 316 g/mol. The van der Waals surface area contributed by atoms with Crippen molar-refractivity contribution in [2.75, 3.05) is 32.7 Å². The molecule has 0 fully saturated rings. The maximum Gasteiger partial charge on any atom is 0.322 e. The molecule has 5 nitrogen and oxygen atoms in total. The van der Waals surface area contributed by atoms with Crippen LogP contribution in [0.3, 0.4) is 0 Å². The number of aryl methyl sites for hydroxylation is 1. The van der Waals surface area contributed by atoms with Crippen molar-refractivity contribution < 1.29 is 14.3 Å². The van der Waals surface area contributed by atoms with E-state index in [9.17, 15) is 4.79 Å². The molecule has 0 bridgehead atoms. The van der Waals surface area contributed by atoms with Crippen LogP contribution in [0.4, 0.5) is 10.5 Å². The number of benzene rings is 2. The van der Waals surface area contributed by atoms with Crippen LogP contribution in [0.15, 0.2) is 48.5 Å². The van der Waals surface area contributed by atoms with Crippen molar-refractivity contribution in [1.82, 2.24) is 4.90 Å². The minimum atomic E-state index is -0.184. The molecule has 0 saturated carbocycles. The van der Waals surface area contributed by atoms with E-state index >= 15 is 0 Å². The molecule has 0 aliphatic carbocycles. The summed E-state index contributed by atoms with van der Waals surface area (Å²) in [6, 6.07) is 15.4. The molecule has 1 atom stereocenters.